The molecule has 0 spiro atoms. The van der Waals surface area contributed by atoms with Crippen molar-refractivity contribution in [1.82, 2.24) is 5.43 Å². The summed E-state index contributed by atoms with van der Waals surface area (Å²) in [5, 5.41) is 14.5. The van der Waals surface area contributed by atoms with Gasteiger partial charge in [-0.05, 0) is 52.9 Å². The third kappa shape index (κ3) is 6.02. The van der Waals surface area contributed by atoms with Crippen molar-refractivity contribution in [3.63, 3.8) is 0 Å². The third-order valence-corrected chi connectivity index (χ3v) is 4.47. The first-order valence-corrected chi connectivity index (χ1v) is 9.62. The highest BCUT2D eigenvalue weighted by Crippen LogP contribution is 2.24. The summed E-state index contributed by atoms with van der Waals surface area (Å²) < 4.78 is 11.2. The Balaban J connectivity index is 1.51. The van der Waals surface area contributed by atoms with Crippen molar-refractivity contribution in [2.45, 2.75) is 32.8 Å². The third-order valence-electron chi connectivity index (χ3n) is 4.47. The molecule has 0 atom stereocenters. The topological polar surface area (TPSA) is 107 Å². The maximum atomic E-state index is 12.1. The lowest BCUT2D eigenvalue weighted by Crippen LogP contribution is -2.16. The van der Waals surface area contributed by atoms with Crippen LogP contribution in [0, 0.1) is 10.1 Å². The number of carbonyl (C=O) groups excluding carboxylic acids is 1. The fourth-order valence-corrected chi connectivity index (χ4v) is 2.69. The van der Waals surface area contributed by atoms with Gasteiger partial charge in [-0.2, -0.15) is 5.10 Å². The molecular weight excluding hydrogens is 398 g/mol. The molecule has 1 N–H and O–H groups in total. The first-order valence-electron chi connectivity index (χ1n) is 9.62. The van der Waals surface area contributed by atoms with E-state index in [0.717, 1.165) is 0 Å². The van der Waals surface area contributed by atoms with Gasteiger partial charge >= 0.3 is 5.91 Å². The maximum absolute atomic E-state index is 12.1. The van der Waals surface area contributed by atoms with Gasteiger partial charge in [-0.25, -0.2) is 5.43 Å². The molecule has 1 amide bonds. The number of hydrazone groups is 1. The molecule has 160 valence electrons. The summed E-state index contributed by atoms with van der Waals surface area (Å²) in [5.74, 6) is 0.800. The predicted molar refractivity (Wildman–Crippen MR) is 116 cm³/mol. The molecule has 0 fully saturated rings. The lowest BCUT2D eigenvalue weighted by atomic mass is 9.87. The Morgan fingerprint density at radius 1 is 1.10 bits per heavy atom. The van der Waals surface area contributed by atoms with E-state index in [9.17, 15) is 14.9 Å². The minimum atomic E-state index is -0.515. The molecule has 1 heterocycles. The molecule has 8 heteroatoms. The molecule has 3 rings (SSSR count). The number of amides is 1. The van der Waals surface area contributed by atoms with Crippen molar-refractivity contribution >= 4 is 17.8 Å². The Hall–Kier alpha value is -3.94. The Labute approximate surface area is 179 Å². The number of hydrogen-bond donors (Lipinski definition) is 1. The SMILES string of the molecule is CC(C)(C)c1ccc(OCc2ccc(C(=O)NN=Cc3ccc([N+](=O)[O-])cc3)o2)cc1. The number of nitrogens with zero attached hydrogens (tertiary/aromatic N) is 2. The predicted octanol–water partition coefficient (Wildman–Crippen LogP) is 4.83. The second kappa shape index (κ2) is 9.25. The average molecular weight is 421 g/mol. The fraction of sp³-hybridized carbons (Fsp3) is 0.217. The van der Waals surface area contributed by atoms with Gasteiger partial charge in [0.05, 0.1) is 11.1 Å². The van der Waals surface area contributed by atoms with Crippen LogP contribution in [0.3, 0.4) is 0 Å². The summed E-state index contributed by atoms with van der Waals surface area (Å²) in [5.41, 5.74) is 4.23. The van der Waals surface area contributed by atoms with Crippen LogP contribution in [-0.2, 0) is 12.0 Å². The fourth-order valence-electron chi connectivity index (χ4n) is 2.69. The van der Waals surface area contributed by atoms with Crippen LogP contribution in [0.25, 0.3) is 0 Å². The zero-order valence-corrected chi connectivity index (χ0v) is 17.5. The van der Waals surface area contributed by atoms with Crippen molar-refractivity contribution in [3.05, 3.63) is 93.4 Å². The molecule has 0 aliphatic heterocycles. The van der Waals surface area contributed by atoms with Gasteiger partial charge in [0.15, 0.2) is 5.76 Å². The first-order chi connectivity index (χ1) is 14.7. The number of non-ortho nitro benzene ring substituents is 1. The van der Waals surface area contributed by atoms with Crippen LogP contribution in [0.4, 0.5) is 5.69 Å². The van der Waals surface area contributed by atoms with Crippen LogP contribution in [0.1, 0.15) is 48.2 Å². The molecular formula is C23H23N3O5. The number of nitro groups is 1. The molecule has 0 unspecified atom stereocenters. The van der Waals surface area contributed by atoms with E-state index < -0.39 is 10.8 Å². The zero-order valence-electron chi connectivity index (χ0n) is 17.5. The van der Waals surface area contributed by atoms with Gasteiger partial charge in [0.2, 0.25) is 0 Å². The van der Waals surface area contributed by atoms with E-state index in [2.05, 4.69) is 31.3 Å². The number of furan rings is 1. The summed E-state index contributed by atoms with van der Waals surface area (Å²) in [6, 6.07) is 16.9. The van der Waals surface area contributed by atoms with E-state index in [1.165, 1.54) is 42.1 Å². The summed E-state index contributed by atoms with van der Waals surface area (Å²) in [4.78, 5) is 22.3. The molecule has 31 heavy (non-hydrogen) atoms. The van der Waals surface area contributed by atoms with Crippen molar-refractivity contribution in [3.8, 4) is 5.75 Å². The molecule has 0 saturated carbocycles. The lowest BCUT2D eigenvalue weighted by Gasteiger charge is -2.19. The summed E-state index contributed by atoms with van der Waals surface area (Å²) in [6.07, 6.45) is 1.38. The molecule has 0 saturated heterocycles. The van der Waals surface area contributed by atoms with Gasteiger partial charge in [-0.3, -0.25) is 14.9 Å². The van der Waals surface area contributed by atoms with Crippen LogP contribution in [-0.4, -0.2) is 17.0 Å². The molecule has 0 radical (unpaired) electrons. The van der Waals surface area contributed by atoms with E-state index in [1.807, 2.05) is 24.3 Å². The van der Waals surface area contributed by atoms with E-state index in [0.29, 0.717) is 17.1 Å². The Kier molecular flexibility index (Phi) is 6.49. The van der Waals surface area contributed by atoms with Crippen molar-refractivity contribution < 1.29 is 18.9 Å². The van der Waals surface area contributed by atoms with Crippen LogP contribution in [0.2, 0.25) is 0 Å². The van der Waals surface area contributed by atoms with Crippen molar-refractivity contribution in [2.24, 2.45) is 5.10 Å². The molecule has 0 aliphatic rings. The minimum Gasteiger partial charge on any atom is -0.486 e. The van der Waals surface area contributed by atoms with Crippen molar-refractivity contribution in [1.29, 1.82) is 0 Å². The van der Waals surface area contributed by atoms with Crippen LogP contribution in [0.15, 0.2) is 70.2 Å². The molecule has 8 nitrogen and oxygen atoms in total. The Bertz CT molecular complexity index is 1080. The van der Waals surface area contributed by atoms with Crippen LogP contribution in [0.5, 0.6) is 5.75 Å². The molecule has 2 aromatic carbocycles. The molecule has 0 aliphatic carbocycles. The summed E-state index contributed by atoms with van der Waals surface area (Å²) >= 11 is 0. The molecule has 0 bridgehead atoms. The Morgan fingerprint density at radius 2 is 1.77 bits per heavy atom. The summed E-state index contributed by atoms with van der Waals surface area (Å²) in [7, 11) is 0. The van der Waals surface area contributed by atoms with E-state index in [1.54, 1.807) is 6.07 Å². The number of hydrogen-bond acceptors (Lipinski definition) is 6. The van der Waals surface area contributed by atoms with Gasteiger partial charge in [-0.15, -0.1) is 0 Å². The summed E-state index contributed by atoms with van der Waals surface area (Å²) in [6.45, 7) is 6.63. The van der Waals surface area contributed by atoms with Crippen molar-refractivity contribution in [2.75, 3.05) is 0 Å². The van der Waals surface area contributed by atoms with Gasteiger partial charge in [-0.1, -0.05) is 32.9 Å². The number of rotatable bonds is 7. The smallest absolute Gasteiger partial charge is 0.307 e. The molecule has 1 aromatic heterocycles. The molecule has 3 aromatic rings. The van der Waals surface area contributed by atoms with E-state index >= 15 is 0 Å². The lowest BCUT2D eigenvalue weighted by molar-refractivity contribution is -0.384. The number of nitro benzene ring substituents is 1. The highest BCUT2D eigenvalue weighted by atomic mass is 16.6. The van der Waals surface area contributed by atoms with E-state index in [-0.39, 0.29) is 23.5 Å². The van der Waals surface area contributed by atoms with Gasteiger partial charge in [0.25, 0.3) is 5.69 Å². The first kappa shape index (κ1) is 21.8. The monoisotopic (exact) mass is 421 g/mol. The van der Waals surface area contributed by atoms with Crippen LogP contribution >= 0.6 is 0 Å². The number of ether oxygens (including phenoxy) is 1. The Morgan fingerprint density at radius 3 is 2.39 bits per heavy atom. The van der Waals surface area contributed by atoms with Gasteiger partial charge in [0, 0.05) is 12.1 Å². The van der Waals surface area contributed by atoms with Gasteiger partial charge in [0.1, 0.15) is 18.1 Å². The highest BCUT2D eigenvalue weighted by Gasteiger charge is 2.14. The largest absolute Gasteiger partial charge is 0.486 e. The standard InChI is InChI=1S/C23H23N3O5/c1-23(2,3)17-6-10-19(11-7-17)30-15-20-12-13-21(31-20)22(27)25-24-14-16-4-8-18(9-5-16)26(28)29/h4-14H,15H2,1-3H3,(H,25,27). The normalized spacial score (nSPS) is 11.5. The average Bonchev–Trinajstić information content (AvgIpc) is 3.21. The second-order valence-electron chi connectivity index (χ2n) is 7.88. The maximum Gasteiger partial charge on any atom is 0.307 e. The zero-order chi connectivity index (χ0) is 22.4. The minimum absolute atomic E-state index is 0.0170. The van der Waals surface area contributed by atoms with Gasteiger partial charge < -0.3 is 9.15 Å². The second-order valence-corrected chi connectivity index (χ2v) is 7.88. The quantitative estimate of drug-likeness (QED) is 0.334. The number of carbonyl (C=O) groups is 1. The van der Waals surface area contributed by atoms with Crippen LogP contribution < -0.4 is 10.2 Å². The number of nitrogens with one attached hydrogen (secondary N) is 1. The van der Waals surface area contributed by atoms with E-state index in [4.69, 9.17) is 9.15 Å². The number of benzene rings is 2. The highest BCUT2D eigenvalue weighted by molar-refractivity contribution is 5.92.